The predicted octanol–water partition coefficient (Wildman–Crippen LogP) is 3.92. The summed E-state index contributed by atoms with van der Waals surface area (Å²) in [6.45, 7) is 10.0. The number of nitrogens with one attached hydrogen (secondary N) is 1. The molecule has 0 saturated carbocycles. The summed E-state index contributed by atoms with van der Waals surface area (Å²) in [7, 11) is 0. The zero-order valence-electron chi connectivity index (χ0n) is 9.76. The van der Waals surface area contributed by atoms with E-state index in [1.165, 1.54) is 5.39 Å². The first kappa shape index (κ1) is 12.7. The zero-order valence-corrected chi connectivity index (χ0v) is 9.76. The van der Waals surface area contributed by atoms with Crippen LogP contribution in [0.25, 0.3) is 10.9 Å². The van der Waals surface area contributed by atoms with Crippen LogP contribution in [-0.4, -0.2) is 9.97 Å². The molecule has 0 fully saturated rings. The molecule has 14 heavy (non-hydrogen) atoms. The molecule has 0 amide bonds. The molecule has 2 aromatic heterocycles. The molecule has 2 heterocycles. The number of hydrogen-bond donors (Lipinski definition) is 1. The highest BCUT2D eigenvalue weighted by molar-refractivity contribution is 5.80. The first-order valence-electron chi connectivity index (χ1n) is 5.26. The summed E-state index contributed by atoms with van der Waals surface area (Å²) in [5, 5.41) is 1.21. The maximum Gasteiger partial charge on any atom is 0.0487 e. The molecule has 78 valence electrons. The summed E-state index contributed by atoms with van der Waals surface area (Å²) >= 11 is 0. The first-order chi connectivity index (χ1) is 6.88. The number of hydrogen-bond acceptors (Lipinski definition) is 1. The standard InChI is InChI=1S/C8H8N2.2C2H6/c1-6-7-2-4-10-8(7)3-5-9-6;2*1-2/h2-5,10H,1H3;2*1-2H3. The molecule has 0 atom stereocenters. The molecule has 2 aromatic rings. The molecule has 0 aliphatic rings. The van der Waals surface area contributed by atoms with Gasteiger partial charge in [-0.3, -0.25) is 4.98 Å². The average molecular weight is 192 g/mol. The largest absolute Gasteiger partial charge is 0.361 e. The molecule has 0 aliphatic carbocycles. The second-order valence-electron chi connectivity index (χ2n) is 2.34. The molecule has 0 saturated heterocycles. The van der Waals surface area contributed by atoms with Crippen LogP contribution in [0, 0.1) is 6.92 Å². The van der Waals surface area contributed by atoms with E-state index in [4.69, 9.17) is 0 Å². The molecule has 0 aliphatic heterocycles. The van der Waals surface area contributed by atoms with Gasteiger partial charge in [-0.25, -0.2) is 0 Å². The number of rotatable bonds is 0. The van der Waals surface area contributed by atoms with Gasteiger partial charge in [-0.15, -0.1) is 0 Å². The van der Waals surface area contributed by atoms with E-state index in [-0.39, 0.29) is 0 Å². The smallest absolute Gasteiger partial charge is 0.0487 e. The predicted molar refractivity (Wildman–Crippen MR) is 63.5 cm³/mol. The van der Waals surface area contributed by atoms with Crippen LogP contribution >= 0.6 is 0 Å². The van der Waals surface area contributed by atoms with Crippen molar-refractivity contribution in [2.24, 2.45) is 0 Å². The van der Waals surface area contributed by atoms with Gasteiger partial charge in [-0.05, 0) is 19.1 Å². The lowest BCUT2D eigenvalue weighted by Gasteiger charge is -1.91. The minimum Gasteiger partial charge on any atom is -0.361 e. The van der Waals surface area contributed by atoms with Crippen molar-refractivity contribution in [3.63, 3.8) is 0 Å². The Kier molecular flexibility index (Phi) is 6.46. The van der Waals surface area contributed by atoms with Crippen LogP contribution in [0.3, 0.4) is 0 Å². The van der Waals surface area contributed by atoms with Crippen LogP contribution in [-0.2, 0) is 0 Å². The van der Waals surface area contributed by atoms with Crippen molar-refractivity contribution in [1.29, 1.82) is 0 Å². The minimum absolute atomic E-state index is 1.08. The molecular weight excluding hydrogens is 172 g/mol. The number of nitrogens with zero attached hydrogens (tertiary/aromatic N) is 1. The van der Waals surface area contributed by atoms with Gasteiger partial charge in [0.1, 0.15) is 0 Å². The summed E-state index contributed by atoms with van der Waals surface area (Å²) in [4.78, 5) is 7.28. The molecule has 2 nitrogen and oxygen atoms in total. The van der Waals surface area contributed by atoms with Gasteiger partial charge in [-0.1, -0.05) is 27.7 Å². The van der Waals surface area contributed by atoms with Crippen molar-refractivity contribution in [2.75, 3.05) is 0 Å². The minimum atomic E-state index is 1.08. The van der Waals surface area contributed by atoms with E-state index < -0.39 is 0 Å². The third-order valence-electron chi connectivity index (χ3n) is 1.68. The van der Waals surface area contributed by atoms with Crippen molar-refractivity contribution in [3.8, 4) is 0 Å². The highest BCUT2D eigenvalue weighted by Crippen LogP contribution is 2.12. The molecule has 0 radical (unpaired) electrons. The van der Waals surface area contributed by atoms with Crippen molar-refractivity contribution in [1.82, 2.24) is 9.97 Å². The van der Waals surface area contributed by atoms with Crippen molar-refractivity contribution >= 4 is 10.9 Å². The van der Waals surface area contributed by atoms with Gasteiger partial charge in [0.05, 0.1) is 0 Å². The van der Waals surface area contributed by atoms with Crippen LogP contribution in [0.15, 0.2) is 24.5 Å². The summed E-state index contributed by atoms with van der Waals surface area (Å²) in [5.41, 5.74) is 2.24. The van der Waals surface area contributed by atoms with E-state index in [9.17, 15) is 0 Å². The van der Waals surface area contributed by atoms with E-state index in [1.807, 2.05) is 59.1 Å². The molecule has 0 spiro atoms. The Morgan fingerprint density at radius 2 is 1.71 bits per heavy atom. The molecule has 0 unspecified atom stereocenters. The monoisotopic (exact) mass is 192 g/mol. The second-order valence-corrected chi connectivity index (χ2v) is 2.34. The number of pyridine rings is 1. The van der Waals surface area contributed by atoms with Gasteiger partial charge in [-0.2, -0.15) is 0 Å². The second kappa shape index (κ2) is 7.13. The lowest BCUT2D eigenvalue weighted by Crippen LogP contribution is -1.78. The van der Waals surface area contributed by atoms with Crippen molar-refractivity contribution in [2.45, 2.75) is 34.6 Å². The van der Waals surface area contributed by atoms with Gasteiger partial charge in [0.25, 0.3) is 0 Å². The SMILES string of the molecule is CC.CC.Cc1nccc2[nH]ccc12. The lowest BCUT2D eigenvalue weighted by molar-refractivity contribution is 1.24. The van der Waals surface area contributed by atoms with Crippen LogP contribution in [0.4, 0.5) is 0 Å². The number of H-pyrrole nitrogens is 1. The van der Waals surface area contributed by atoms with Gasteiger partial charge in [0.15, 0.2) is 0 Å². The number of aromatic amines is 1. The Morgan fingerprint density at radius 3 is 2.29 bits per heavy atom. The molecule has 1 N–H and O–H groups in total. The van der Waals surface area contributed by atoms with E-state index in [1.54, 1.807) is 0 Å². The topological polar surface area (TPSA) is 28.7 Å². The summed E-state index contributed by atoms with van der Waals surface area (Å²) in [6, 6.07) is 4.01. The van der Waals surface area contributed by atoms with E-state index >= 15 is 0 Å². The van der Waals surface area contributed by atoms with Gasteiger partial charge in [0.2, 0.25) is 0 Å². The highest BCUT2D eigenvalue weighted by Gasteiger charge is 1.95. The van der Waals surface area contributed by atoms with Gasteiger partial charge < -0.3 is 4.98 Å². The Balaban J connectivity index is 0.000000379. The third kappa shape index (κ3) is 2.87. The van der Waals surface area contributed by atoms with Crippen LogP contribution < -0.4 is 0 Å². The maximum atomic E-state index is 4.16. The lowest BCUT2D eigenvalue weighted by atomic mass is 10.2. The zero-order chi connectivity index (χ0) is 11.0. The van der Waals surface area contributed by atoms with Crippen LogP contribution in [0.5, 0.6) is 0 Å². The van der Waals surface area contributed by atoms with E-state index in [2.05, 4.69) is 9.97 Å². The van der Waals surface area contributed by atoms with Crippen LogP contribution in [0.1, 0.15) is 33.4 Å². The Labute approximate surface area is 86.4 Å². The average Bonchev–Trinajstić information content (AvgIpc) is 2.73. The first-order valence-corrected chi connectivity index (χ1v) is 5.26. The summed E-state index contributed by atoms with van der Waals surface area (Å²) in [6.07, 6.45) is 3.74. The number of aromatic nitrogens is 2. The fourth-order valence-electron chi connectivity index (χ4n) is 1.13. The van der Waals surface area contributed by atoms with E-state index in [0.717, 1.165) is 11.2 Å². The Bertz CT molecular complexity index is 350. The molecule has 0 bridgehead atoms. The molecule has 2 rings (SSSR count). The quantitative estimate of drug-likeness (QED) is 0.673. The van der Waals surface area contributed by atoms with Crippen molar-refractivity contribution in [3.05, 3.63) is 30.2 Å². The normalized spacial score (nSPS) is 8.36. The number of aryl methyl sites for hydroxylation is 1. The van der Waals surface area contributed by atoms with Crippen LogP contribution in [0.2, 0.25) is 0 Å². The number of fused-ring (bicyclic) bond motifs is 1. The van der Waals surface area contributed by atoms with E-state index in [0.29, 0.717) is 0 Å². The fraction of sp³-hybridized carbons (Fsp3) is 0.417. The maximum absolute atomic E-state index is 4.16. The fourth-order valence-corrected chi connectivity index (χ4v) is 1.13. The third-order valence-corrected chi connectivity index (χ3v) is 1.68. The summed E-state index contributed by atoms with van der Waals surface area (Å²) < 4.78 is 0. The molecule has 0 aromatic carbocycles. The van der Waals surface area contributed by atoms with Gasteiger partial charge in [0, 0.05) is 29.0 Å². The Hall–Kier alpha value is -1.31. The molecular formula is C12H20N2. The Morgan fingerprint density at radius 1 is 1.07 bits per heavy atom. The van der Waals surface area contributed by atoms with Gasteiger partial charge >= 0.3 is 0 Å². The summed E-state index contributed by atoms with van der Waals surface area (Å²) in [5.74, 6) is 0. The molecule has 2 heteroatoms. The van der Waals surface area contributed by atoms with Crippen molar-refractivity contribution < 1.29 is 0 Å². The highest BCUT2D eigenvalue weighted by atomic mass is 14.7.